The Morgan fingerprint density at radius 1 is 1.43 bits per heavy atom. The number of likely N-dealkylation sites (N-methyl/N-ethyl adjacent to an activating group) is 1. The van der Waals surface area contributed by atoms with Crippen LogP contribution >= 0.6 is 0 Å². The van der Waals surface area contributed by atoms with Gasteiger partial charge in [0.15, 0.2) is 5.69 Å². The van der Waals surface area contributed by atoms with E-state index in [0.29, 0.717) is 11.6 Å². The zero-order valence-corrected chi connectivity index (χ0v) is 12.7. The predicted octanol–water partition coefficient (Wildman–Crippen LogP) is 1.29. The Labute approximate surface area is 124 Å². The molecule has 6 nitrogen and oxygen atoms in total. The highest BCUT2D eigenvalue weighted by Crippen LogP contribution is 2.15. The molecule has 0 spiro atoms. The summed E-state index contributed by atoms with van der Waals surface area (Å²) in [5.74, 6) is 0.236. The highest BCUT2D eigenvalue weighted by Gasteiger charge is 2.23. The summed E-state index contributed by atoms with van der Waals surface area (Å²) in [6.07, 6.45) is 6.34. The van der Waals surface area contributed by atoms with Gasteiger partial charge in [-0.3, -0.25) is 9.78 Å². The molecule has 0 aliphatic carbocycles. The zero-order chi connectivity index (χ0) is 15.0. The molecule has 1 N–H and O–H groups in total. The third-order valence-corrected chi connectivity index (χ3v) is 3.97. The van der Waals surface area contributed by atoms with Crippen LogP contribution < -0.4 is 5.32 Å². The van der Waals surface area contributed by atoms with Crippen molar-refractivity contribution in [2.24, 2.45) is 0 Å². The number of likely N-dealkylation sites (tertiary alicyclic amines) is 1. The summed E-state index contributed by atoms with van der Waals surface area (Å²) in [7, 11) is 2.07. The zero-order valence-electron chi connectivity index (χ0n) is 12.7. The maximum atomic E-state index is 12.4. The molecule has 1 aliphatic heterocycles. The minimum Gasteiger partial charge on any atom is -0.347 e. The molecule has 1 unspecified atom stereocenters. The molecule has 0 saturated carbocycles. The molecule has 1 amide bonds. The standard InChI is InChI=1S/C15H21N5O/c1-10(2)12-8-20-9-17-14(13(20)6-16-12)15(21)18-11-4-5-19(3)7-11/h6,8-11H,4-5,7H2,1-3H3,(H,18,21). The summed E-state index contributed by atoms with van der Waals surface area (Å²) in [4.78, 5) is 23.3. The fraction of sp³-hybridized carbons (Fsp3) is 0.533. The van der Waals surface area contributed by atoms with E-state index in [1.807, 2.05) is 10.6 Å². The fourth-order valence-electron chi connectivity index (χ4n) is 2.69. The van der Waals surface area contributed by atoms with Crippen molar-refractivity contribution in [2.45, 2.75) is 32.2 Å². The van der Waals surface area contributed by atoms with Crippen molar-refractivity contribution >= 4 is 11.4 Å². The third-order valence-electron chi connectivity index (χ3n) is 3.97. The van der Waals surface area contributed by atoms with Crippen molar-refractivity contribution in [3.8, 4) is 0 Å². The Bertz CT molecular complexity index is 663. The van der Waals surface area contributed by atoms with Crippen molar-refractivity contribution in [2.75, 3.05) is 20.1 Å². The smallest absolute Gasteiger partial charge is 0.272 e. The molecule has 1 saturated heterocycles. The normalized spacial score (nSPS) is 19.5. The van der Waals surface area contributed by atoms with Crippen LogP contribution in [0.2, 0.25) is 0 Å². The van der Waals surface area contributed by atoms with Gasteiger partial charge >= 0.3 is 0 Å². The van der Waals surface area contributed by atoms with E-state index in [1.165, 1.54) is 0 Å². The van der Waals surface area contributed by atoms with Crippen molar-refractivity contribution in [1.82, 2.24) is 24.6 Å². The average Bonchev–Trinajstić information content (AvgIpc) is 3.04. The van der Waals surface area contributed by atoms with Crippen LogP contribution in [0.5, 0.6) is 0 Å². The van der Waals surface area contributed by atoms with Crippen LogP contribution in [0.4, 0.5) is 0 Å². The van der Waals surface area contributed by atoms with E-state index < -0.39 is 0 Å². The van der Waals surface area contributed by atoms with Crippen LogP contribution in [-0.2, 0) is 0 Å². The lowest BCUT2D eigenvalue weighted by atomic mass is 10.1. The second-order valence-corrected chi connectivity index (χ2v) is 6.07. The topological polar surface area (TPSA) is 62.5 Å². The molecule has 6 heteroatoms. The van der Waals surface area contributed by atoms with E-state index in [9.17, 15) is 4.79 Å². The van der Waals surface area contributed by atoms with Gasteiger partial charge < -0.3 is 14.6 Å². The first-order valence-corrected chi connectivity index (χ1v) is 7.36. The molecule has 0 radical (unpaired) electrons. The van der Waals surface area contributed by atoms with Crippen LogP contribution in [0, 0.1) is 0 Å². The fourth-order valence-corrected chi connectivity index (χ4v) is 2.69. The second-order valence-electron chi connectivity index (χ2n) is 6.07. The maximum absolute atomic E-state index is 12.4. The summed E-state index contributed by atoms with van der Waals surface area (Å²) in [6, 6.07) is 0.210. The molecule has 2 aromatic heterocycles. The lowest BCUT2D eigenvalue weighted by molar-refractivity contribution is 0.0935. The molecule has 2 aromatic rings. The largest absolute Gasteiger partial charge is 0.347 e. The minimum atomic E-state index is -0.114. The highest BCUT2D eigenvalue weighted by atomic mass is 16.2. The number of carbonyl (C=O) groups excluding carboxylic acids is 1. The lowest BCUT2D eigenvalue weighted by Crippen LogP contribution is -2.36. The molecule has 1 atom stereocenters. The number of nitrogens with zero attached hydrogens (tertiary/aromatic N) is 4. The summed E-state index contributed by atoms with van der Waals surface area (Å²) in [5, 5.41) is 3.06. The van der Waals surface area contributed by atoms with Crippen LogP contribution in [-0.4, -0.2) is 51.4 Å². The average molecular weight is 287 g/mol. The van der Waals surface area contributed by atoms with Crippen molar-refractivity contribution in [1.29, 1.82) is 0 Å². The lowest BCUT2D eigenvalue weighted by Gasteiger charge is -2.12. The molecule has 0 aromatic carbocycles. The van der Waals surface area contributed by atoms with Crippen molar-refractivity contribution in [3.05, 3.63) is 30.1 Å². The summed E-state index contributed by atoms with van der Waals surface area (Å²) >= 11 is 0. The first-order chi connectivity index (χ1) is 10.0. The van der Waals surface area contributed by atoms with Gasteiger partial charge in [0.05, 0.1) is 17.4 Å². The number of aromatic nitrogens is 3. The summed E-state index contributed by atoms with van der Waals surface area (Å²) in [6.45, 7) is 6.10. The first-order valence-electron chi connectivity index (χ1n) is 7.36. The second kappa shape index (κ2) is 5.44. The number of nitrogens with one attached hydrogen (secondary N) is 1. The van der Waals surface area contributed by atoms with E-state index in [2.05, 4.69) is 41.1 Å². The van der Waals surface area contributed by atoms with Gasteiger partial charge in [0.2, 0.25) is 0 Å². The number of hydrogen-bond donors (Lipinski definition) is 1. The van der Waals surface area contributed by atoms with Gasteiger partial charge in [-0.05, 0) is 25.9 Å². The first kappa shape index (κ1) is 14.0. The number of imidazole rings is 1. The molecule has 1 aliphatic rings. The van der Waals surface area contributed by atoms with E-state index >= 15 is 0 Å². The SMILES string of the molecule is CC(C)c1cn2cnc(C(=O)NC3CCN(C)C3)c2cn1. The Morgan fingerprint density at radius 3 is 2.90 bits per heavy atom. The molecule has 0 bridgehead atoms. The number of fused-ring (bicyclic) bond motifs is 1. The van der Waals surface area contributed by atoms with Crippen LogP contribution in [0.1, 0.15) is 42.4 Å². The number of rotatable bonds is 3. The van der Waals surface area contributed by atoms with Gasteiger partial charge in [0.25, 0.3) is 5.91 Å². The van der Waals surface area contributed by atoms with E-state index in [4.69, 9.17) is 0 Å². The van der Waals surface area contributed by atoms with Gasteiger partial charge in [-0.1, -0.05) is 13.8 Å². The van der Waals surface area contributed by atoms with Crippen LogP contribution in [0.15, 0.2) is 18.7 Å². The summed E-state index contributed by atoms with van der Waals surface area (Å²) < 4.78 is 1.87. The molecular formula is C15H21N5O. The van der Waals surface area contributed by atoms with Gasteiger partial charge in [-0.2, -0.15) is 0 Å². The Hall–Kier alpha value is -1.95. The Kier molecular flexibility index (Phi) is 3.63. The van der Waals surface area contributed by atoms with Gasteiger partial charge in [0, 0.05) is 18.8 Å². The molecule has 112 valence electrons. The molecular weight excluding hydrogens is 266 g/mol. The number of carbonyl (C=O) groups is 1. The van der Waals surface area contributed by atoms with Gasteiger partial charge in [-0.15, -0.1) is 0 Å². The monoisotopic (exact) mass is 287 g/mol. The molecule has 21 heavy (non-hydrogen) atoms. The number of hydrogen-bond acceptors (Lipinski definition) is 4. The minimum absolute atomic E-state index is 0.114. The van der Waals surface area contributed by atoms with Crippen LogP contribution in [0.25, 0.3) is 5.52 Å². The summed E-state index contributed by atoms with van der Waals surface area (Å²) in [5.41, 5.74) is 2.19. The maximum Gasteiger partial charge on any atom is 0.272 e. The van der Waals surface area contributed by atoms with Gasteiger partial charge in [-0.25, -0.2) is 4.98 Å². The molecule has 1 fully saturated rings. The van der Waals surface area contributed by atoms with Gasteiger partial charge in [0.1, 0.15) is 6.33 Å². The Morgan fingerprint density at radius 2 is 2.24 bits per heavy atom. The number of amides is 1. The molecule has 3 rings (SSSR count). The van der Waals surface area contributed by atoms with Crippen molar-refractivity contribution < 1.29 is 4.79 Å². The third kappa shape index (κ3) is 2.76. The van der Waals surface area contributed by atoms with E-state index in [0.717, 1.165) is 30.7 Å². The van der Waals surface area contributed by atoms with Crippen molar-refractivity contribution in [3.63, 3.8) is 0 Å². The molecule has 3 heterocycles. The van der Waals surface area contributed by atoms with E-state index in [1.54, 1.807) is 12.5 Å². The highest BCUT2D eigenvalue weighted by molar-refractivity contribution is 5.98. The Balaban J connectivity index is 1.82. The quantitative estimate of drug-likeness (QED) is 0.924. The van der Waals surface area contributed by atoms with E-state index in [-0.39, 0.29) is 11.9 Å². The predicted molar refractivity (Wildman–Crippen MR) is 80.4 cm³/mol. The van der Waals surface area contributed by atoms with Crippen LogP contribution in [0.3, 0.4) is 0 Å².